The van der Waals surface area contributed by atoms with E-state index < -0.39 is 83.6 Å². The van der Waals surface area contributed by atoms with Crippen LogP contribution >= 0.6 is 0 Å². The van der Waals surface area contributed by atoms with Gasteiger partial charge < -0.3 is 28.4 Å². The van der Waals surface area contributed by atoms with Crippen molar-refractivity contribution in [2.75, 3.05) is 19.8 Å². The number of fused-ring (bicyclic) bond motifs is 4. The van der Waals surface area contributed by atoms with Crippen molar-refractivity contribution in [2.45, 2.75) is 152 Å². The number of halogens is 6. The molecule has 0 amide bonds. The Morgan fingerprint density at radius 1 is 0.673 bits per heavy atom. The van der Waals surface area contributed by atoms with E-state index >= 15 is 13.2 Å². The summed E-state index contributed by atoms with van der Waals surface area (Å²) in [5.74, 6) is -9.03. The van der Waals surface area contributed by atoms with Gasteiger partial charge in [0.05, 0.1) is 13.2 Å². The largest absolute Gasteiger partial charge is 0.456 e. The highest BCUT2D eigenvalue weighted by Crippen LogP contribution is 2.65. The second-order valence-corrected chi connectivity index (χ2v) is 16.9. The van der Waals surface area contributed by atoms with E-state index in [0.29, 0.717) is 44.9 Å². The predicted octanol–water partition coefficient (Wildman–Crippen LogP) is 8.00. The van der Waals surface area contributed by atoms with E-state index in [1.807, 2.05) is 0 Å². The van der Waals surface area contributed by atoms with Crippen LogP contribution in [-0.2, 0) is 48.0 Å². The maximum absolute atomic E-state index is 15.1. The molecule has 0 N–H and O–H groups in total. The summed E-state index contributed by atoms with van der Waals surface area (Å²) >= 11 is 0. The Kier molecular flexibility index (Phi) is 9.15. The van der Waals surface area contributed by atoms with E-state index in [1.54, 1.807) is 13.8 Å². The first-order valence-corrected chi connectivity index (χ1v) is 18.9. The summed E-state index contributed by atoms with van der Waals surface area (Å²) in [6.45, 7) is 8.15. The third kappa shape index (κ3) is 5.53. The molecule has 0 aromatic heterocycles. The number of allylic oxidation sites excluding steroid dienone is 1. The number of alkyl halides is 6. The molecule has 10 aliphatic rings. The minimum Gasteiger partial charge on any atom is -0.456 e. The number of unbranched alkanes of at least 4 members (excludes halogenated alkanes) is 1. The average Bonchev–Trinajstić information content (AvgIpc) is 3.44. The SMILES string of the molecule is C[C@@H]1CC[C@H]2C(COCCCCO[C@@]3(C(F)(F)F)O[C@@H]4O[C@]5(C)CCC6[C@H](C)CC[C@@H]([C@H]3C)[C@]64OO5)=C(C(F)(F)F)O[C@@H]3O[C@@]4(C)CCC1[C@]32OO4. The fourth-order valence-corrected chi connectivity index (χ4v) is 11.1. The van der Waals surface area contributed by atoms with Crippen molar-refractivity contribution in [1.29, 1.82) is 0 Å². The molecule has 2 saturated carbocycles. The molecule has 10 rings (SSSR count). The first-order chi connectivity index (χ1) is 24.4. The minimum atomic E-state index is -4.90. The van der Waals surface area contributed by atoms with Gasteiger partial charge in [0, 0.05) is 48.7 Å². The Morgan fingerprint density at radius 2 is 1.27 bits per heavy atom. The van der Waals surface area contributed by atoms with Gasteiger partial charge in [-0.25, -0.2) is 19.6 Å². The van der Waals surface area contributed by atoms with Crippen LogP contribution in [0.4, 0.5) is 26.3 Å². The summed E-state index contributed by atoms with van der Waals surface area (Å²) in [7, 11) is 0. The van der Waals surface area contributed by atoms with Crippen molar-refractivity contribution >= 4 is 0 Å². The normalized spacial score (nSPS) is 49.9. The van der Waals surface area contributed by atoms with Crippen LogP contribution in [0.15, 0.2) is 11.3 Å². The maximum Gasteiger partial charge on any atom is 0.449 e. The van der Waals surface area contributed by atoms with Gasteiger partial charge in [0.1, 0.15) is 0 Å². The van der Waals surface area contributed by atoms with E-state index in [4.69, 9.17) is 48.0 Å². The third-order valence-electron chi connectivity index (χ3n) is 13.8. The Labute approximate surface area is 299 Å². The van der Waals surface area contributed by atoms with Crippen LogP contribution in [0.5, 0.6) is 0 Å². The lowest BCUT2D eigenvalue weighted by Gasteiger charge is -2.62. The fraction of sp³-hybridized carbons (Fsp3) is 0.944. The average molecular weight is 757 g/mol. The summed E-state index contributed by atoms with van der Waals surface area (Å²) in [6, 6.07) is 0. The molecule has 0 aromatic carbocycles. The van der Waals surface area contributed by atoms with Crippen LogP contribution in [0.3, 0.4) is 0 Å². The van der Waals surface area contributed by atoms with Crippen molar-refractivity contribution in [2.24, 2.45) is 41.4 Å². The van der Waals surface area contributed by atoms with Crippen molar-refractivity contribution in [1.82, 2.24) is 0 Å². The van der Waals surface area contributed by atoms with E-state index in [1.165, 1.54) is 6.92 Å². The topological polar surface area (TPSA) is 92.3 Å². The lowest BCUT2D eigenvalue weighted by molar-refractivity contribution is -0.598. The van der Waals surface area contributed by atoms with Gasteiger partial charge in [0.25, 0.3) is 5.79 Å². The van der Waals surface area contributed by atoms with Crippen LogP contribution in [0.25, 0.3) is 0 Å². The van der Waals surface area contributed by atoms with Crippen LogP contribution in [-0.4, -0.2) is 73.3 Å². The maximum atomic E-state index is 15.1. The first kappa shape index (κ1) is 37.7. The molecule has 16 heteroatoms. The zero-order chi connectivity index (χ0) is 37.1. The Balaban J connectivity index is 0.942. The summed E-state index contributed by atoms with van der Waals surface area (Å²) < 4.78 is 124. The zero-order valence-corrected chi connectivity index (χ0v) is 30.2. The molecule has 2 unspecified atom stereocenters. The number of ether oxygens (including phenoxy) is 6. The van der Waals surface area contributed by atoms with E-state index in [2.05, 4.69) is 13.8 Å². The molecule has 2 aliphatic carbocycles. The molecule has 8 aliphatic heterocycles. The van der Waals surface area contributed by atoms with E-state index in [9.17, 15) is 13.2 Å². The van der Waals surface area contributed by atoms with Crippen molar-refractivity contribution in [3.8, 4) is 0 Å². The smallest absolute Gasteiger partial charge is 0.449 e. The van der Waals surface area contributed by atoms with E-state index in [-0.39, 0.29) is 55.3 Å². The fourth-order valence-electron chi connectivity index (χ4n) is 11.1. The predicted molar refractivity (Wildman–Crippen MR) is 165 cm³/mol. The number of rotatable bonds is 8. The van der Waals surface area contributed by atoms with Gasteiger partial charge in [-0.2, -0.15) is 26.3 Å². The highest BCUT2D eigenvalue weighted by molar-refractivity contribution is 5.28. The third-order valence-corrected chi connectivity index (χ3v) is 13.8. The van der Waals surface area contributed by atoms with Gasteiger partial charge in [-0.3, -0.25) is 0 Å². The second-order valence-electron chi connectivity index (χ2n) is 16.9. The molecule has 14 atom stereocenters. The van der Waals surface area contributed by atoms with Crippen molar-refractivity contribution in [3.63, 3.8) is 0 Å². The molecular formula is C36H50F6O10. The molecule has 296 valence electrons. The molecule has 4 bridgehead atoms. The summed E-state index contributed by atoms with van der Waals surface area (Å²) in [6.07, 6.45) is -7.54. The molecule has 52 heavy (non-hydrogen) atoms. The van der Waals surface area contributed by atoms with E-state index in [0.717, 1.165) is 6.42 Å². The van der Waals surface area contributed by atoms with Crippen LogP contribution in [0.2, 0.25) is 0 Å². The quantitative estimate of drug-likeness (QED) is 0.138. The zero-order valence-electron chi connectivity index (χ0n) is 30.2. The van der Waals surface area contributed by atoms with Gasteiger partial charge in [0.2, 0.25) is 23.6 Å². The molecule has 9 fully saturated rings. The molecule has 0 aromatic rings. The lowest BCUT2D eigenvalue weighted by atomic mass is 9.57. The molecular weight excluding hydrogens is 706 g/mol. The molecule has 10 nitrogen and oxygen atoms in total. The lowest BCUT2D eigenvalue weighted by Crippen LogP contribution is -2.76. The van der Waals surface area contributed by atoms with Crippen LogP contribution in [0.1, 0.15) is 98.8 Å². The van der Waals surface area contributed by atoms with Crippen LogP contribution < -0.4 is 0 Å². The molecule has 2 spiro atoms. The standard InChI is InChI=1S/C36H50F6O10/c1-19-8-10-25-21(3)34(36(40,41)42,48-29-32(25)23(19)12-15-31(5,47-29)50-51-32)44-17-7-6-16-43-18-22-26-11-9-20(2)24-13-14-30(4)46-28(33(24,26)52-49-30)45-27(22)35(37,38)39/h19-21,23-26,28-29H,6-18H2,1-5H3/t19-,20-,21-,23?,24?,25+,26+,28-,29+,30-,31+,32-,33-,34-/m1/s1. The van der Waals surface area contributed by atoms with Gasteiger partial charge in [-0.05, 0) is 83.0 Å². The number of hydrogen-bond acceptors (Lipinski definition) is 10. The monoisotopic (exact) mass is 756 g/mol. The highest BCUT2D eigenvalue weighted by atomic mass is 19.4. The van der Waals surface area contributed by atoms with Crippen molar-refractivity contribution < 1.29 is 74.3 Å². The molecule has 7 saturated heterocycles. The van der Waals surface area contributed by atoms with Gasteiger partial charge in [0.15, 0.2) is 17.5 Å². The second kappa shape index (κ2) is 12.6. The Hall–Kier alpha value is -1.24. The molecule has 8 heterocycles. The minimum absolute atomic E-state index is 0.0249. The Bertz CT molecular complexity index is 1410. The Morgan fingerprint density at radius 3 is 1.92 bits per heavy atom. The van der Waals surface area contributed by atoms with Crippen LogP contribution in [0, 0.1) is 41.4 Å². The highest BCUT2D eigenvalue weighted by Gasteiger charge is 2.77. The summed E-state index contributed by atoms with van der Waals surface area (Å²) in [5, 5.41) is 0. The number of hydrogen-bond donors (Lipinski definition) is 0. The van der Waals surface area contributed by atoms with Crippen molar-refractivity contribution in [3.05, 3.63) is 11.3 Å². The summed E-state index contributed by atoms with van der Waals surface area (Å²) in [4.78, 5) is 23.4. The molecule has 0 radical (unpaired) electrons. The first-order valence-electron chi connectivity index (χ1n) is 18.9. The summed E-state index contributed by atoms with van der Waals surface area (Å²) in [5.41, 5.74) is -2.53. The van der Waals surface area contributed by atoms with Gasteiger partial charge >= 0.3 is 12.4 Å². The van der Waals surface area contributed by atoms with Gasteiger partial charge in [-0.15, -0.1) is 0 Å². The van der Waals surface area contributed by atoms with Gasteiger partial charge in [-0.1, -0.05) is 20.8 Å².